The first-order valence-corrected chi connectivity index (χ1v) is 10.3. The van der Waals surface area contributed by atoms with E-state index in [-0.39, 0.29) is 0 Å². The van der Waals surface area contributed by atoms with Gasteiger partial charge in [-0.05, 0) is 18.9 Å². The molecule has 2 aromatic rings. The van der Waals surface area contributed by atoms with Crippen LogP contribution in [0.1, 0.15) is 55.5 Å². The van der Waals surface area contributed by atoms with Crippen molar-refractivity contribution in [2.45, 2.75) is 51.5 Å². The lowest BCUT2D eigenvalue weighted by Gasteiger charge is -2.54. The molecular formula is C23H27FN4O. The lowest BCUT2D eigenvalue weighted by Crippen LogP contribution is -2.65. The van der Waals surface area contributed by atoms with E-state index < -0.39 is 17.9 Å². The monoisotopic (exact) mass is 394 g/mol. The Kier molecular flexibility index (Phi) is 5.13. The Balaban J connectivity index is 2.11. The van der Waals surface area contributed by atoms with Gasteiger partial charge in [0.25, 0.3) is 5.91 Å². The predicted octanol–water partition coefficient (Wildman–Crippen LogP) is 2.81. The highest BCUT2D eigenvalue weighted by molar-refractivity contribution is 5.92. The van der Waals surface area contributed by atoms with E-state index in [4.69, 9.17) is 10.7 Å². The standard InChI is InChI=1S/C23H27FN4O/c1-3-9-19-17-12-8-13-18(22(25)29)21(17)26-23(4-2,16-10-6-5-7-11-16)28(19)27-15-14-20(27)24/h5-8,10-13,20H,3-4,9,14-15H2,1-2H3,(H2,25,29). The number of amides is 1. The number of nitrogens with zero attached hydrogens (tertiary/aromatic N) is 3. The van der Waals surface area contributed by atoms with Crippen molar-refractivity contribution in [2.75, 3.05) is 6.54 Å². The molecule has 5 nitrogen and oxygen atoms in total. The molecule has 2 atom stereocenters. The van der Waals surface area contributed by atoms with Crippen LogP contribution in [0.15, 0.2) is 53.5 Å². The number of hydrogen-bond donors (Lipinski definition) is 1. The molecule has 2 aliphatic heterocycles. The van der Waals surface area contributed by atoms with E-state index >= 15 is 0 Å². The molecule has 2 N–H and O–H groups in total. The number of benzene rings is 2. The first-order valence-electron chi connectivity index (χ1n) is 10.3. The zero-order valence-electron chi connectivity index (χ0n) is 16.9. The minimum atomic E-state index is -1.03. The molecule has 29 heavy (non-hydrogen) atoms. The minimum absolute atomic E-state index is 0.407. The summed E-state index contributed by atoms with van der Waals surface area (Å²) in [5, 5.41) is 5.32. The molecule has 0 spiro atoms. The van der Waals surface area contributed by atoms with Gasteiger partial charge in [0.1, 0.15) is 0 Å². The zero-order valence-corrected chi connectivity index (χ0v) is 16.9. The number of primary amides is 1. The molecule has 2 unspecified atom stereocenters. The van der Waals surface area contributed by atoms with Crippen LogP contribution in [0.3, 0.4) is 0 Å². The van der Waals surface area contributed by atoms with Crippen LogP contribution in [-0.2, 0) is 5.66 Å². The number of nitrogens with two attached hydrogens (primary N) is 1. The summed E-state index contributed by atoms with van der Waals surface area (Å²) in [6, 6.07) is 15.4. The van der Waals surface area contributed by atoms with Crippen molar-refractivity contribution >= 4 is 11.6 Å². The molecule has 0 radical (unpaired) electrons. The second kappa shape index (κ2) is 7.59. The SMILES string of the molecule is CCCC1=c2cccc(C(N)=O)c2=NC(CC)(c2ccccc2)N1N1CCC1F. The molecule has 152 valence electrons. The van der Waals surface area contributed by atoms with Crippen molar-refractivity contribution in [2.24, 2.45) is 10.7 Å². The maximum Gasteiger partial charge on any atom is 0.250 e. The lowest BCUT2D eigenvalue weighted by molar-refractivity contribution is -0.185. The average molecular weight is 394 g/mol. The Morgan fingerprint density at radius 3 is 2.52 bits per heavy atom. The molecule has 2 aliphatic rings. The van der Waals surface area contributed by atoms with Gasteiger partial charge >= 0.3 is 0 Å². The number of para-hydroxylation sites is 1. The fraction of sp³-hybridized carbons (Fsp3) is 0.391. The number of rotatable bonds is 6. The molecule has 6 heteroatoms. The van der Waals surface area contributed by atoms with Gasteiger partial charge < -0.3 is 5.73 Å². The Bertz CT molecular complexity index is 1040. The highest BCUT2D eigenvalue weighted by atomic mass is 19.1. The number of hydrazine groups is 1. The minimum Gasteiger partial charge on any atom is -0.366 e. The fourth-order valence-electron chi connectivity index (χ4n) is 4.40. The summed E-state index contributed by atoms with van der Waals surface area (Å²) in [6.07, 6.45) is 1.75. The van der Waals surface area contributed by atoms with Crippen LogP contribution in [0, 0.1) is 0 Å². The second-order valence-corrected chi connectivity index (χ2v) is 7.61. The van der Waals surface area contributed by atoms with Gasteiger partial charge in [-0.25, -0.2) is 9.38 Å². The maximum atomic E-state index is 14.7. The Labute approximate surface area is 170 Å². The molecule has 0 bridgehead atoms. The molecular weight excluding hydrogens is 367 g/mol. The van der Waals surface area contributed by atoms with Crippen molar-refractivity contribution in [1.29, 1.82) is 0 Å². The van der Waals surface area contributed by atoms with Crippen LogP contribution < -0.4 is 16.3 Å². The summed E-state index contributed by atoms with van der Waals surface area (Å²) in [4.78, 5) is 17.3. The van der Waals surface area contributed by atoms with Crippen LogP contribution in [-0.4, -0.2) is 28.8 Å². The van der Waals surface area contributed by atoms with Gasteiger partial charge in [0.2, 0.25) is 0 Å². The summed E-state index contributed by atoms with van der Waals surface area (Å²) in [7, 11) is 0. The van der Waals surface area contributed by atoms with E-state index in [2.05, 4.69) is 18.9 Å². The topological polar surface area (TPSA) is 61.9 Å². The van der Waals surface area contributed by atoms with Crippen molar-refractivity contribution in [3.8, 4) is 0 Å². The van der Waals surface area contributed by atoms with Gasteiger partial charge in [0.05, 0.1) is 10.9 Å². The van der Waals surface area contributed by atoms with E-state index in [1.807, 2.05) is 42.5 Å². The first kappa shape index (κ1) is 19.6. The number of hydrogen-bond acceptors (Lipinski definition) is 4. The van der Waals surface area contributed by atoms with Crippen LogP contribution in [0.25, 0.3) is 5.70 Å². The predicted molar refractivity (Wildman–Crippen MR) is 111 cm³/mol. The van der Waals surface area contributed by atoms with Crippen LogP contribution in [0.2, 0.25) is 0 Å². The third-order valence-corrected chi connectivity index (χ3v) is 5.91. The number of halogens is 1. The van der Waals surface area contributed by atoms with Crippen molar-refractivity contribution < 1.29 is 9.18 Å². The van der Waals surface area contributed by atoms with Crippen molar-refractivity contribution in [3.05, 3.63) is 70.2 Å². The first-order chi connectivity index (χ1) is 14.0. The van der Waals surface area contributed by atoms with E-state index in [1.165, 1.54) is 0 Å². The van der Waals surface area contributed by atoms with Gasteiger partial charge in [-0.15, -0.1) is 0 Å². The van der Waals surface area contributed by atoms with Gasteiger partial charge in [-0.1, -0.05) is 62.7 Å². The summed E-state index contributed by atoms with van der Waals surface area (Å²) in [5.74, 6) is -0.500. The van der Waals surface area contributed by atoms with Crippen LogP contribution in [0.4, 0.5) is 4.39 Å². The Morgan fingerprint density at radius 2 is 1.97 bits per heavy atom. The smallest absolute Gasteiger partial charge is 0.250 e. The molecule has 4 rings (SSSR count). The lowest BCUT2D eigenvalue weighted by atomic mass is 9.91. The Morgan fingerprint density at radius 1 is 1.21 bits per heavy atom. The molecule has 2 aromatic carbocycles. The summed E-state index contributed by atoms with van der Waals surface area (Å²) in [5.41, 5.74) is 7.24. The maximum absolute atomic E-state index is 14.7. The average Bonchev–Trinajstić information content (AvgIpc) is 2.74. The largest absolute Gasteiger partial charge is 0.366 e. The number of carbonyl (C=O) groups excluding carboxylic acids is 1. The van der Waals surface area contributed by atoms with E-state index in [0.29, 0.717) is 30.3 Å². The zero-order chi connectivity index (χ0) is 20.6. The van der Waals surface area contributed by atoms with E-state index in [9.17, 15) is 9.18 Å². The highest BCUT2D eigenvalue weighted by Crippen LogP contribution is 2.43. The number of fused-ring (bicyclic) bond motifs is 1. The Hall–Kier alpha value is -2.73. The summed E-state index contributed by atoms with van der Waals surface area (Å²) < 4.78 is 14.7. The fourth-order valence-corrected chi connectivity index (χ4v) is 4.40. The van der Waals surface area contributed by atoms with Gasteiger partial charge in [0.15, 0.2) is 12.0 Å². The van der Waals surface area contributed by atoms with E-state index in [0.717, 1.165) is 29.3 Å². The van der Waals surface area contributed by atoms with Gasteiger partial charge in [-0.3, -0.25) is 9.80 Å². The summed E-state index contributed by atoms with van der Waals surface area (Å²) in [6.45, 7) is 4.80. The number of carbonyl (C=O) groups is 1. The van der Waals surface area contributed by atoms with Gasteiger partial charge in [0, 0.05) is 29.4 Å². The molecule has 0 aliphatic carbocycles. The molecule has 1 fully saturated rings. The molecule has 2 heterocycles. The normalized spacial score (nSPS) is 23.9. The molecule has 1 saturated heterocycles. The third kappa shape index (κ3) is 3.02. The number of alkyl halides is 1. The van der Waals surface area contributed by atoms with Crippen LogP contribution >= 0.6 is 0 Å². The van der Waals surface area contributed by atoms with Gasteiger partial charge in [-0.2, -0.15) is 5.01 Å². The van der Waals surface area contributed by atoms with Crippen LogP contribution in [0.5, 0.6) is 0 Å². The second-order valence-electron chi connectivity index (χ2n) is 7.61. The quantitative estimate of drug-likeness (QED) is 0.767. The van der Waals surface area contributed by atoms with Crippen molar-refractivity contribution in [3.63, 3.8) is 0 Å². The molecule has 1 amide bonds. The highest BCUT2D eigenvalue weighted by Gasteiger charge is 2.48. The third-order valence-electron chi connectivity index (χ3n) is 5.91. The molecule has 0 saturated carbocycles. The van der Waals surface area contributed by atoms with Crippen molar-refractivity contribution in [1.82, 2.24) is 10.0 Å². The molecule has 0 aromatic heterocycles. The summed E-state index contributed by atoms with van der Waals surface area (Å²) >= 11 is 0. The van der Waals surface area contributed by atoms with E-state index in [1.54, 1.807) is 11.1 Å².